The van der Waals surface area contributed by atoms with E-state index < -0.39 is 0 Å². The van der Waals surface area contributed by atoms with E-state index in [0.717, 1.165) is 43.0 Å². The lowest BCUT2D eigenvalue weighted by Crippen LogP contribution is -2.42. The molecular weight excluding hydrogens is 278 g/mol. The second-order valence-corrected chi connectivity index (χ2v) is 5.47. The summed E-state index contributed by atoms with van der Waals surface area (Å²) >= 11 is 0. The van der Waals surface area contributed by atoms with Crippen molar-refractivity contribution in [1.29, 1.82) is 0 Å². The van der Waals surface area contributed by atoms with Gasteiger partial charge in [-0.05, 0) is 31.0 Å². The van der Waals surface area contributed by atoms with Gasteiger partial charge in [-0.2, -0.15) is 4.98 Å². The van der Waals surface area contributed by atoms with Crippen LogP contribution in [-0.2, 0) is 0 Å². The van der Waals surface area contributed by atoms with E-state index in [1.54, 1.807) is 12.4 Å². The lowest BCUT2D eigenvalue weighted by Gasteiger charge is -2.32. The van der Waals surface area contributed by atoms with Gasteiger partial charge in [0.1, 0.15) is 5.52 Å². The second kappa shape index (κ2) is 5.63. The summed E-state index contributed by atoms with van der Waals surface area (Å²) in [5, 5.41) is 3.40. The normalized spacial score (nSPS) is 18.5. The minimum atomic E-state index is 0.283. The van der Waals surface area contributed by atoms with E-state index in [0.29, 0.717) is 6.01 Å². The van der Waals surface area contributed by atoms with Crippen molar-refractivity contribution in [1.82, 2.24) is 15.0 Å². The predicted octanol–water partition coefficient (Wildman–Crippen LogP) is 2.70. The van der Waals surface area contributed by atoms with Gasteiger partial charge in [0.2, 0.25) is 5.95 Å². The van der Waals surface area contributed by atoms with Crippen molar-refractivity contribution >= 4 is 23.1 Å². The molecule has 22 heavy (non-hydrogen) atoms. The van der Waals surface area contributed by atoms with Crippen molar-refractivity contribution in [2.75, 3.05) is 23.3 Å². The molecule has 2 aromatic heterocycles. The first-order chi connectivity index (χ1) is 10.9. The van der Waals surface area contributed by atoms with E-state index in [1.165, 1.54) is 0 Å². The first kappa shape index (κ1) is 13.1. The Morgan fingerprint density at radius 3 is 2.86 bits per heavy atom. The fourth-order valence-corrected chi connectivity index (χ4v) is 2.84. The SMILES string of the molecule is c1cnc(N2CCC[C@H](Nc3nc4ccccc4o3)C2)nc1. The third-order valence-corrected chi connectivity index (χ3v) is 3.88. The number of hydrogen-bond acceptors (Lipinski definition) is 6. The summed E-state index contributed by atoms with van der Waals surface area (Å²) in [5.74, 6) is 0.784. The Morgan fingerprint density at radius 2 is 2.00 bits per heavy atom. The Labute approximate surface area is 128 Å². The number of benzene rings is 1. The summed E-state index contributed by atoms with van der Waals surface area (Å²) in [7, 11) is 0. The molecule has 0 aliphatic carbocycles. The van der Waals surface area contributed by atoms with E-state index in [1.807, 2.05) is 30.3 Å². The van der Waals surface area contributed by atoms with Crippen LogP contribution in [0.5, 0.6) is 0 Å². The number of aromatic nitrogens is 3. The highest BCUT2D eigenvalue weighted by molar-refractivity contribution is 5.74. The zero-order chi connectivity index (χ0) is 14.8. The Balaban J connectivity index is 1.48. The Kier molecular flexibility index (Phi) is 3.34. The van der Waals surface area contributed by atoms with Crippen LogP contribution in [0, 0.1) is 0 Å². The largest absolute Gasteiger partial charge is 0.424 e. The van der Waals surface area contributed by atoms with Gasteiger partial charge < -0.3 is 14.6 Å². The molecule has 0 unspecified atom stereocenters. The molecule has 1 aliphatic rings. The highest BCUT2D eigenvalue weighted by Crippen LogP contribution is 2.22. The molecule has 0 amide bonds. The highest BCUT2D eigenvalue weighted by Gasteiger charge is 2.22. The number of fused-ring (bicyclic) bond motifs is 1. The minimum absolute atomic E-state index is 0.283. The van der Waals surface area contributed by atoms with Crippen LogP contribution in [0.2, 0.25) is 0 Å². The summed E-state index contributed by atoms with van der Waals surface area (Å²) in [5.41, 5.74) is 1.69. The van der Waals surface area contributed by atoms with Gasteiger partial charge in [0.15, 0.2) is 5.58 Å². The third kappa shape index (κ3) is 2.59. The summed E-state index contributed by atoms with van der Waals surface area (Å²) in [6.07, 6.45) is 5.73. The van der Waals surface area contributed by atoms with Gasteiger partial charge in [-0.3, -0.25) is 0 Å². The van der Waals surface area contributed by atoms with Crippen LogP contribution in [-0.4, -0.2) is 34.1 Å². The zero-order valence-electron chi connectivity index (χ0n) is 12.1. The number of hydrogen-bond donors (Lipinski definition) is 1. The molecule has 1 aliphatic heterocycles. The highest BCUT2D eigenvalue weighted by atomic mass is 16.4. The summed E-state index contributed by atoms with van der Waals surface area (Å²) in [6, 6.07) is 10.5. The lowest BCUT2D eigenvalue weighted by atomic mass is 10.1. The molecular formula is C16H17N5O. The number of oxazole rings is 1. The van der Waals surface area contributed by atoms with Crippen LogP contribution in [0.3, 0.4) is 0 Å². The van der Waals surface area contributed by atoms with Gasteiger partial charge in [-0.15, -0.1) is 0 Å². The standard InChI is InChI=1S/C16H17N5O/c1-2-7-14-13(6-1)20-16(22-14)19-12-5-3-10-21(11-12)15-17-8-4-9-18-15/h1-2,4,6-9,12H,3,5,10-11H2,(H,19,20)/t12-/m0/s1. The first-order valence-corrected chi connectivity index (χ1v) is 7.52. The number of rotatable bonds is 3. The van der Waals surface area contributed by atoms with Crippen LogP contribution in [0.1, 0.15) is 12.8 Å². The fourth-order valence-electron chi connectivity index (χ4n) is 2.84. The average Bonchev–Trinajstić information content (AvgIpc) is 2.98. The van der Waals surface area contributed by atoms with Gasteiger partial charge in [-0.25, -0.2) is 9.97 Å². The molecule has 6 heteroatoms. The molecule has 0 bridgehead atoms. The summed E-state index contributed by atoms with van der Waals surface area (Å²) in [4.78, 5) is 15.3. The van der Waals surface area contributed by atoms with E-state index >= 15 is 0 Å². The van der Waals surface area contributed by atoms with Crippen LogP contribution in [0.4, 0.5) is 12.0 Å². The Bertz CT molecular complexity index is 724. The molecule has 1 saturated heterocycles. The van der Waals surface area contributed by atoms with Crippen molar-refractivity contribution in [3.8, 4) is 0 Å². The quantitative estimate of drug-likeness (QED) is 0.801. The molecule has 1 fully saturated rings. The van der Waals surface area contributed by atoms with E-state index in [9.17, 15) is 0 Å². The lowest BCUT2D eigenvalue weighted by molar-refractivity contribution is 0.504. The van der Waals surface area contributed by atoms with Crippen molar-refractivity contribution in [2.45, 2.75) is 18.9 Å². The third-order valence-electron chi connectivity index (χ3n) is 3.88. The monoisotopic (exact) mass is 295 g/mol. The van der Waals surface area contributed by atoms with Crippen LogP contribution >= 0.6 is 0 Å². The summed E-state index contributed by atoms with van der Waals surface area (Å²) < 4.78 is 5.74. The molecule has 0 radical (unpaired) electrons. The molecule has 1 N–H and O–H groups in total. The maximum atomic E-state index is 5.74. The molecule has 3 heterocycles. The molecule has 112 valence electrons. The number of anilines is 2. The topological polar surface area (TPSA) is 67.1 Å². The Hall–Kier alpha value is -2.63. The van der Waals surface area contributed by atoms with E-state index in [-0.39, 0.29) is 6.04 Å². The van der Waals surface area contributed by atoms with Gasteiger partial charge >= 0.3 is 0 Å². The fraction of sp³-hybridized carbons (Fsp3) is 0.312. The first-order valence-electron chi connectivity index (χ1n) is 7.52. The second-order valence-electron chi connectivity index (χ2n) is 5.47. The molecule has 6 nitrogen and oxygen atoms in total. The van der Waals surface area contributed by atoms with E-state index in [2.05, 4.69) is 25.2 Å². The summed E-state index contributed by atoms with van der Waals surface area (Å²) in [6.45, 7) is 1.83. The van der Waals surface area contributed by atoms with Crippen molar-refractivity contribution < 1.29 is 4.42 Å². The number of para-hydroxylation sites is 2. The number of nitrogens with one attached hydrogen (secondary N) is 1. The van der Waals surface area contributed by atoms with Crippen molar-refractivity contribution in [3.63, 3.8) is 0 Å². The van der Waals surface area contributed by atoms with Crippen LogP contribution in [0.25, 0.3) is 11.1 Å². The Morgan fingerprint density at radius 1 is 1.14 bits per heavy atom. The van der Waals surface area contributed by atoms with Crippen LogP contribution < -0.4 is 10.2 Å². The molecule has 0 spiro atoms. The van der Waals surface area contributed by atoms with Crippen molar-refractivity contribution in [3.05, 3.63) is 42.7 Å². The molecule has 4 rings (SSSR count). The van der Waals surface area contributed by atoms with E-state index in [4.69, 9.17) is 4.42 Å². The van der Waals surface area contributed by atoms with Gasteiger partial charge in [0.05, 0.1) is 0 Å². The zero-order valence-corrected chi connectivity index (χ0v) is 12.1. The number of piperidine rings is 1. The smallest absolute Gasteiger partial charge is 0.295 e. The predicted molar refractivity (Wildman–Crippen MR) is 84.9 cm³/mol. The molecule has 3 aromatic rings. The van der Waals surface area contributed by atoms with Gasteiger partial charge in [0.25, 0.3) is 6.01 Å². The molecule has 1 aromatic carbocycles. The van der Waals surface area contributed by atoms with Crippen LogP contribution in [0.15, 0.2) is 47.1 Å². The minimum Gasteiger partial charge on any atom is -0.424 e. The molecule has 0 saturated carbocycles. The van der Waals surface area contributed by atoms with Gasteiger partial charge in [-0.1, -0.05) is 12.1 Å². The maximum Gasteiger partial charge on any atom is 0.295 e. The molecule has 1 atom stereocenters. The average molecular weight is 295 g/mol. The van der Waals surface area contributed by atoms with Gasteiger partial charge in [0, 0.05) is 31.5 Å². The maximum absolute atomic E-state index is 5.74. The number of nitrogens with zero attached hydrogens (tertiary/aromatic N) is 4. The van der Waals surface area contributed by atoms with Crippen molar-refractivity contribution in [2.24, 2.45) is 0 Å².